The fraction of sp³-hybridized carbons (Fsp3) is 0.364. The zero-order valence-electron chi connectivity index (χ0n) is 18.9. The first kappa shape index (κ1) is 24.4. The van der Waals surface area contributed by atoms with Gasteiger partial charge in [-0.05, 0) is 36.0 Å². The second kappa shape index (κ2) is 8.10. The second-order valence-electron chi connectivity index (χ2n) is 9.08. The molecule has 13 heteroatoms. The number of rotatable bonds is 7. The Bertz CT molecular complexity index is 1650. The van der Waals surface area contributed by atoms with E-state index in [2.05, 4.69) is 4.72 Å². The molecule has 0 radical (unpaired) electrons. The van der Waals surface area contributed by atoms with Gasteiger partial charge in [0.2, 0.25) is 19.9 Å². The largest absolute Gasteiger partial charge is 0.332 e. The minimum Gasteiger partial charge on any atom is -0.332 e. The Labute approximate surface area is 203 Å². The quantitative estimate of drug-likeness (QED) is 0.485. The van der Waals surface area contributed by atoms with Crippen LogP contribution in [-0.2, 0) is 36.9 Å². The van der Waals surface area contributed by atoms with Gasteiger partial charge in [0.05, 0.1) is 11.8 Å². The molecule has 1 aliphatic heterocycles. The summed E-state index contributed by atoms with van der Waals surface area (Å²) < 4.78 is 97.4. The zero-order valence-corrected chi connectivity index (χ0v) is 21.4. The number of fused-ring (bicyclic) bond motifs is 2. The Morgan fingerprint density at radius 3 is 2.17 bits per heavy atom. The maximum Gasteiger partial charge on any atom is 0.260 e. The van der Waals surface area contributed by atoms with Gasteiger partial charge in [0, 0.05) is 32.1 Å². The number of sulfonamides is 2. The Hall–Kier alpha value is -2.32. The number of benzene rings is 2. The first-order valence-electron chi connectivity index (χ1n) is 10.9. The summed E-state index contributed by atoms with van der Waals surface area (Å²) in [4.78, 5) is -1.04. The van der Waals surface area contributed by atoms with Crippen molar-refractivity contribution in [3.63, 3.8) is 0 Å². The molecule has 2 heterocycles. The molecule has 2 atom stereocenters. The van der Waals surface area contributed by atoms with E-state index >= 15 is 0 Å². The number of hydrogen-bond acceptors (Lipinski definition) is 6. The van der Waals surface area contributed by atoms with Crippen LogP contribution in [0.4, 0.5) is 4.39 Å². The third kappa shape index (κ3) is 3.99. The molecule has 9 nitrogen and oxygen atoms in total. The number of aromatic nitrogens is 1. The molecule has 3 aromatic rings. The number of nitrogens with one attached hydrogen (secondary N) is 1. The van der Waals surface area contributed by atoms with Gasteiger partial charge in [-0.25, -0.2) is 34.4 Å². The minimum atomic E-state index is -4.54. The number of aryl methyl sites for hydroxylation is 1. The molecular weight excluding hydrogens is 517 g/mol. The monoisotopic (exact) mass is 541 g/mol. The number of nitrogens with zero attached hydrogens (tertiary/aromatic N) is 2. The highest BCUT2D eigenvalue weighted by molar-refractivity contribution is 7.93. The lowest BCUT2D eigenvalue weighted by molar-refractivity contribution is 0.405. The Kier molecular flexibility index (Phi) is 5.64. The van der Waals surface area contributed by atoms with Gasteiger partial charge in [0.15, 0.2) is 5.03 Å². The van der Waals surface area contributed by atoms with Gasteiger partial charge >= 0.3 is 0 Å². The van der Waals surface area contributed by atoms with Crippen LogP contribution in [0.2, 0.25) is 0 Å². The van der Waals surface area contributed by atoms with Crippen LogP contribution < -0.4 is 4.72 Å². The van der Waals surface area contributed by atoms with Gasteiger partial charge in [-0.1, -0.05) is 30.3 Å². The van der Waals surface area contributed by atoms with Crippen molar-refractivity contribution in [1.82, 2.24) is 13.6 Å². The standard InChI is InChI=1S/C22H24FN3O6S3/c1-25-19-9-5-3-7-14(19)21(34(29,30)20-10-6-4-8-18(20)23)22(25)35(31,32)26-12-16-15(17(16)13-26)11-24-33(2,27)28/h3-10,15-17,24H,11-13H2,1-2H3. The van der Waals surface area contributed by atoms with Crippen LogP contribution in [0.25, 0.3) is 10.9 Å². The smallest absolute Gasteiger partial charge is 0.260 e. The van der Waals surface area contributed by atoms with Crippen molar-refractivity contribution in [2.45, 2.75) is 14.8 Å². The van der Waals surface area contributed by atoms with E-state index in [0.29, 0.717) is 5.52 Å². The molecule has 5 rings (SSSR count). The summed E-state index contributed by atoms with van der Waals surface area (Å²) in [5.74, 6) is -0.960. The molecule has 2 unspecified atom stereocenters. The highest BCUT2D eigenvalue weighted by Crippen LogP contribution is 2.53. The van der Waals surface area contributed by atoms with Gasteiger partial charge in [-0.3, -0.25) is 0 Å². The summed E-state index contributed by atoms with van der Waals surface area (Å²) in [6, 6.07) is 11.3. The van der Waals surface area contributed by atoms with E-state index in [9.17, 15) is 29.6 Å². The molecule has 2 aromatic carbocycles. The summed E-state index contributed by atoms with van der Waals surface area (Å²) >= 11 is 0. The molecule has 1 aliphatic carbocycles. The molecule has 2 fully saturated rings. The van der Waals surface area contributed by atoms with Gasteiger partial charge in [0.1, 0.15) is 15.6 Å². The van der Waals surface area contributed by atoms with Crippen LogP contribution in [-0.4, -0.2) is 60.0 Å². The summed E-state index contributed by atoms with van der Waals surface area (Å²) in [5, 5.41) is -0.217. The van der Waals surface area contributed by atoms with E-state index in [1.54, 1.807) is 18.2 Å². The van der Waals surface area contributed by atoms with Crippen molar-refractivity contribution in [3.05, 3.63) is 54.3 Å². The molecule has 1 aromatic heterocycles. The molecule has 188 valence electrons. The number of halogens is 1. The van der Waals surface area contributed by atoms with Gasteiger partial charge in [0.25, 0.3) is 10.0 Å². The molecule has 2 aliphatic rings. The Balaban J connectivity index is 1.57. The lowest BCUT2D eigenvalue weighted by Crippen LogP contribution is -2.35. The number of sulfone groups is 1. The van der Waals surface area contributed by atoms with E-state index in [0.717, 1.165) is 18.4 Å². The highest BCUT2D eigenvalue weighted by Gasteiger charge is 2.58. The van der Waals surface area contributed by atoms with Crippen LogP contribution in [0.5, 0.6) is 0 Å². The highest BCUT2D eigenvalue weighted by atomic mass is 32.2. The third-order valence-electron chi connectivity index (χ3n) is 6.91. The van der Waals surface area contributed by atoms with Gasteiger partial charge in [-0.2, -0.15) is 4.31 Å². The van der Waals surface area contributed by atoms with Crippen LogP contribution in [0.3, 0.4) is 0 Å². The maximum atomic E-state index is 14.6. The molecule has 0 bridgehead atoms. The molecule has 1 N–H and O–H groups in total. The van der Waals surface area contributed by atoms with Crippen LogP contribution in [0.15, 0.2) is 63.3 Å². The fourth-order valence-electron chi connectivity index (χ4n) is 5.14. The fourth-order valence-corrected chi connectivity index (χ4v) is 9.68. The lowest BCUT2D eigenvalue weighted by Gasteiger charge is -2.21. The summed E-state index contributed by atoms with van der Waals surface area (Å²) in [6.45, 7) is 0.552. The van der Waals surface area contributed by atoms with Crippen molar-refractivity contribution >= 4 is 40.8 Å². The van der Waals surface area contributed by atoms with Crippen molar-refractivity contribution in [2.75, 3.05) is 25.9 Å². The lowest BCUT2D eigenvalue weighted by atomic mass is 10.2. The molecule has 35 heavy (non-hydrogen) atoms. The average Bonchev–Trinajstić information content (AvgIpc) is 3.09. The van der Waals surface area contributed by atoms with E-state index < -0.39 is 50.5 Å². The summed E-state index contributed by atoms with van der Waals surface area (Å²) in [7, 11) is -10.7. The summed E-state index contributed by atoms with van der Waals surface area (Å²) in [5.41, 5.74) is 0.389. The number of para-hydroxylation sites is 1. The van der Waals surface area contributed by atoms with Crippen molar-refractivity contribution < 1.29 is 29.6 Å². The van der Waals surface area contributed by atoms with Crippen LogP contribution in [0.1, 0.15) is 0 Å². The average molecular weight is 542 g/mol. The topological polar surface area (TPSA) is 123 Å². The molecule has 1 saturated heterocycles. The van der Waals surface area contributed by atoms with E-state index in [4.69, 9.17) is 0 Å². The number of hydrogen-bond donors (Lipinski definition) is 1. The first-order chi connectivity index (χ1) is 16.3. The zero-order chi connectivity index (χ0) is 25.3. The molecular formula is C22H24FN3O6S3. The van der Waals surface area contributed by atoms with Crippen LogP contribution >= 0.6 is 0 Å². The predicted octanol–water partition coefficient (Wildman–Crippen LogP) is 1.57. The molecule has 0 spiro atoms. The Morgan fingerprint density at radius 2 is 1.54 bits per heavy atom. The third-order valence-corrected chi connectivity index (χ3v) is 11.5. The van der Waals surface area contributed by atoms with Crippen molar-refractivity contribution in [1.29, 1.82) is 0 Å². The maximum absolute atomic E-state index is 14.6. The van der Waals surface area contributed by atoms with Crippen LogP contribution in [0, 0.1) is 23.6 Å². The van der Waals surface area contributed by atoms with E-state index in [-0.39, 0.29) is 42.8 Å². The first-order valence-corrected chi connectivity index (χ1v) is 15.7. The minimum absolute atomic E-state index is 0.0136. The van der Waals surface area contributed by atoms with Gasteiger partial charge in [-0.15, -0.1) is 0 Å². The summed E-state index contributed by atoms with van der Waals surface area (Å²) in [6.07, 6.45) is 1.07. The second-order valence-corrected chi connectivity index (χ2v) is 14.6. The van der Waals surface area contributed by atoms with Crippen molar-refractivity contribution in [3.8, 4) is 0 Å². The van der Waals surface area contributed by atoms with E-state index in [1.165, 1.54) is 34.1 Å². The van der Waals surface area contributed by atoms with Crippen molar-refractivity contribution in [2.24, 2.45) is 24.8 Å². The predicted molar refractivity (Wildman–Crippen MR) is 127 cm³/mol. The molecule has 0 amide bonds. The van der Waals surface area contributed by atoms with E-state index in [1.807, 2.05) is 0 Å². The normalized spacial score (nSPS) is 23.0. The van der Waals surface area contributed by atoms with Gasteiger partial charge < -0.3 is 4.57 Å². The Morgan fingerprint density at radius 1 is 0.943 bits per heavy atom. The molecule has 1 saturated carbocycles. The SMILES string of the molecule is Cn1c(S(=O)(=O)N2CC3C(CNS(C)(=O)=O)C3C2)c(S(=O)(=O)c2ccccc2F)c2ccccc21. The number of piperidine rings is 1.